The smallest absolute Gasteiger partial charge is 0.341 e. The molecule has 2 aromatic heterocycles. The Balaban J connectivity index is 1.37. The van der Waals surface area contributed by atoms with Crippen LogP contribution in [0.1, 0.15) is 49.0 Å². The molecule has 0 bridgehead atoms. The number of esters is 1. The van der Waals surface area contributed by atoms with Crippen molar-refractivity contribution in [1.29, 1.82) is 0 Å². The second kappa shape index (κ2) is 11.4. The molecule has 0 unspecified atom stereocenters. The number of piperidine rings is 1. The Bertz CT molecular complexity index is 1160. The van der Waals surface area contributed by atoms with Gasteiger partial charge in [-0.25, -0.2) is 14.8 Å². The third-order valence-corrected chi connectivity index (χ3v) is 7.17. The molecule has 186 valence electrons. The summed E-state index contributed by atoms with van der Waals surface area (Å²) in [6.45, 7) is 8.36. The molecular weight excluding hydrogens is 438 g/mol. The minimum absolute atomic E-state index is 0.381. The number of aromatic nitrogens is 3. The van der Waals surface area contributed by atoms with Crippen molar-refractivity contribution >= 4 is 22.8 Å². The number of anilines is 1. The maximum absolute atomic E-state index is 11.6. The third-order valence-electron chi connectivity index (χ3n) is 7.17. The number of carbonyl (C=O) groups excluding carboxylic acids is 1. The van der Waals surface area contributed by atoms with Crippen LogP contribution in [0.25, 0.3) is 10.9 Å². The van der Waals surface area contributed by atoms with Crippen molar-refractivity contribution in [3.05, 3.63) is 65.8 Å². The first-order chi connectivity index (χ1) is 17.0. The highest BCUT2D eigenvalue weighted by atomic mass is 16.5. The summed E-state index contributed by atoms with van der Waals surface area (Å²) in [6, 6.07) is 8.67. The number of rotatable bonds is 9. The van der Waals surface area contributed by atoms with Gasteiger partial charge in [0.25, 0.3) is 0 Å². The number of fused-ring (bicyclic) bond motifs is 1. The van der Waals surface area contributed by atoms with Crippen molar-refractivity contribution < 1.29 is 9.53 Å². The summed E-state index contributed by atoms with van der Waals surface area (Å²) >= 11 is 0. The van der Waals surface area contributed by atoms with Gasteiger partial charge >= 0.3 is 5.97 Å². The van der Waals surface area contributed by atoms with E-state index >= 15 is 0 Å². The number of carbonyl (C=O) groups is 1. The van der Waals surface area contributed by atoms with Crippen LogP contribution < -0.4 is 4.90 Å². The molecule has 0 saturated carbocycles. The van der Waals surface area contributed by atoms with E-state index in [2.05, 4.69) is 81.8 Å². The molecule has 4 rings (SSSR count). The van der Waals surface area contributed by atoms with Crippen molar-refractivity contribution in [3.63, 3.8) is 0 Å². The predicted molar refractivity (Wildman–Crippen MR) is 141 cm³/mol. The lowest BCUT2D eigenvalue weighted by Crippen LogP contribution is -2.39. The molecule has 1 aromatic carbocycles. The summed E-state index contributed by atoms with van der Waals surface area (Å²) in [4.78, 5) is 25.2. The molecule has 1 saturated heterocycles. The van der Waals surface area contributed by atoms with E-state index in [-0.39, 0.29) is 0 Å². The number of ether oxygens (including phenoxy) is 1. The maximum atomic E-state index is 11.6. The van der Waals surface area contributed by atoms with E-state index < -0.39 is 5.97 Å². The molecule has 0 N–H and O–H groups in total. The Labute approximate surface area is 208 Å². The summed E-state index contributed by atoms with van der Waals surface area (Å²) in [5.74, 6) is 0.913. The van der Waals surface area contributed by atoms with Crippen molar-refractivity contribution in [2.24, 2.45) is 13.0 Å². The third kappa shape index (κ3) is 5.66. The molecule has 0 spiro atoms. The Kier molecular flexibility index (Phi) is 8.06. The average molecular weight is 476 g/mol. The van der Waals surface area contributed by atoms with Gasteiger partial charge in [0.2, 0.25) is 5.95 Å². The molecule has 0 aliphatic carbocycles. The molecule has 3 heterocycles. The molecule has 0 atom stereocenters. The van der Waals surface area contributed by atoms with Gasteiger partial charge in [-0.3, -0.25) is 0 Å². The fourth-order valence-electron chi connectivity index (χ4n) is 5.18. The first kappa shape index (κ1) is 24.8. The SMILES string of the molecule is C/C=C(\CC)N(CCc1cn(C)c2ccccc12)CC1CCN(c2ncc(C(=O)OC)cn2)CC1. The van der Waals surface area contributed by atoms with Crippen molar-refractivity contribution in [1.82, 2.24) is 19.4 Å². The number of allylic oxidation sites excluding steroid dienone is 2. The van der Waals surface area contributed by atoms with Crippen LogP contribution in [0.5, 0.6) is 0 Å². The molecule has 1 aliphatic heterocycles. The standard InChI is InChI=1S/C28H37N5O2/c1-5-24(6-2)33(16-13-22-20-31(3)26-10-8-7-9-25(22)26)19-21-11-14-32(15-12-21)28-29-17-23(18-30-28)27(34)35-4/h5,7-10,17-18,20-21H,6,11-16,19H2,1-4H3/b24-5+. The predicted octanol–water partition coefficient (Wildman–Crippen LogP) is 4.83. The topological polar surface area (TPSA) is 63.5 Å². The minimum atomic E-state index is -0.408. The van der Waals surface area contributed by atoms with Crippen LogP contribution in [0.3, 0.4) is 0 Å². The molecule has 1 fully saturated rings. The lowest BCUT2D eigenvalue weighted by molar-refractivity contribution is 0.0599. The molecule has 0 radical (unpaired) electrons. The molecular formula is C28H37N5O2. The molecule has 7 heteroatoms. The second-order valence-electron chi connectivity index (χ2n) is 9.31. The van der Waals surface area contributed by atoms with E-state index in [4.69, 9.17) is 4.74 Å². The lowest BCUT2D eigenvalue weighted by Gasteiger charge is -2.36. The van der Waals surface area contributed by atoms with Crippen LogP contribution >= 0.6 is 0 Å². The number of nitrogens with zero attached hydrogens (tertiary/aromatic N) is 5. The molecule has 0 amide bonds. The molecule has 7 nitrogen and oxygen atoms in total. The Morgan fingerprint density at radius 1 is 1.20 bits per heavy atom. The fourth-order valence-corrected chi connectivity index (χ4v) is 5.18. The monoisotopic (exact) mass is 475 g/mol. The Morgan fingerprint density at radius 2 is 1.91 bits per heavy atom. The van der Waals surface area contributed by atoms with Crippen molar-refractivity contribution in [3.8, 4) is 0 Å². The highest BCUT2D eigenvalue weighted by Crippen LogP contribution is 2.25. The van der Waals surface area contributed by atoms with E-state index in [0.29, 0.717) is 17.4 Å². The number of para-hydroxylation sites is 1. The Morgan fingerprint density at radius 3 is 2.57 bits per heavy atom. The van der Waals surface area contributed by atoms with Gasteiger partial charge in [0.15, 0.2) is 0 Å². The normalized spacial score (nSPS) is 15.0. The second-order valence-corrected chi connectivity index (χ2v) is 9.31. The van der Waals surface area contributed by atoms with Gasteiger partial charge in [-0.2, -0.15) is 0 Å². The van der Waals surface area contributed by atoms with Crippen LogP contribution in [0.15, 0.2) is 54.6 Å². The van der Waals surface area contributed by atoms with Gasteiger partial charge in [0.05, 0.1) is 12.7 Å². The van der Waals surface area contributed by atoms with Gasteiger partial charge in [-0.05, 0) is 50.2 Å². The van der Waals surface area contributed by atoms with Crippen LogP contribution in [0, 0.1) is 5.92 Å². The van der Waals surface area contributed by atoms with Crippen LogP contribution in [-0.4, -0.2) is 58.7 Å². The molecule has 3 aromatic rings. The van der Waals surface area contributed by atoms with Crippen molar-refractivity contribution in [2.75, 3.05) is 38.2 Å². The van der Waals surface area contributed by atoms with Gasteiger partial charge in [-0.15, -0.1) is 0 Å². The summed E-state index contributed by atoms with van der Waals surface area (Å²) in [7, 11) is 3.50. The lowest BCUT2D eigenvalue weighted by atomic mass is 9.95. The highest BCUT2D eigenvalue weighted by Gasteiger charge is 2.24. The van der Waals surface area contributed by atoms with Crippen LogP contribution in [0.4, 0.5) is 5.95 Å². The van der Waals surface area contributed by atoms with Gasteiger partial charge in [0.1, 0.15) is 0 Å². The summed E-state index contributed by atoms with van der Waals surface area (Å²) in [6.07, 6.45) is 12.0. The quantitative estimate of drug-likeness (QED) is 0.413. The first-order valence-corrected chi connectivity index (χ1v) is 12.6. The van der Waals surface area contributed by atoms with E-state index in [0.717, 1.165) is 51.9 Å². The van der Waals surface area contributed by atoms with Crippen LogP contribution in [0.2, 0.25) is 0 Å². The zero-order valence-corrected chi connectivity index (χ0v) is 21.4. The fraction of sp³-hybridized carbons (Fsp3) is 0.464. The van der Waals surface area contributed by atoms with E-state index in [1.165, 1.54) is 29.3 Å². The van der Waals surface area contributed by atoms with Gasteiger partial charge in [-0.1, -0.05) is 31.2 Å². The maximum Gasteiger partial charge on any atom is 0.341 e. The molecule has 35 heavy (non-hydrogen) atoms. The van der Waals surface area contributed by atoms with Crippen LogP contribution in [-0.2, 0) is 18.2 Å². The number of hydrogen-bond donors (Lipinski definition) is 0. The number of hydrogen-bond acceptors (Lipinski definition) is 6. The molecule has 1 aliphatic rings. The number of benzene rings is 1. The summed E-state index contributed by atoms with van der Waals surface area (Å²) in [5, 5.41) is 1.36. The van der Waals surface area contributed by atoms with Crippen molar-refractivity contribution in [2.45, 2.75) is 39.5 Å². The first-order valence-electron chi connectivity index (χ1n) is 12.6. The largest absolute Gasteiger partial charge is 0.465 e. The van der Waals surface area contributed by atoms with E-state index in [9.17, 15) is 4.79 Å². The van der Waals surface area contributed by atoms with Gasteiger partial charge < -0.3 is 19.1 Å². The Hall–Kier alpha value is -3.35. The van der Waals surface area contributed by atoms with E-state index in [1.807, 2.05) is 0 Å². The highest BCUT2D eigenvalue weighted by molar-refractivity contribution is 5.88. The number of methoxy groups -OCH3 is 1. The number of aryl methyl sites for hydroxylation is 1. The van der Waals surface area contributed by atoms with Gasteiger partial charge in [0, 0.05) is 68.4 Å². The van der Waals surface area contributed by atoms with E-state index in [1.54, 1.807) is 12.4 Å². The average Bonchev–Trinajstić information content (AvgIpc) is 3.23. The minimum Gasteiger partial charge on any atom is -0.465 e. The summed E-state index contributed by atoms with van der Waals surface area (Å²) in [5.41, 5.74) is 4.52. The zero-order valence-electron chi connectivity index (χ0n) is 21.4. The zero-order chi connectivity index (χ0) is 24.8. The summed E-state index contributed by atoms with van der Waals surface area (Å²) < 4.78 is 6.97.